The number of ether oxygens (including phenoxy) is 1. The number of hydrogen-bond donors (Lipinski definition) is 1. The van der Waals surface area contributed by atoms with Crippen molar-refractivity contribution in [3.63, 3.8) is 0 Å². The van der Waals surface area contributed by atoms with Crippen molar-refractivity contribution in [1.29, 1.82) is 0 Å². The van der Waals surface area contributed by atoms with Gasteiger partial charge in [-0.25, -0.2) is 4.68 Å². The number of benzene rings is 1. The molecular formula is C22H25ClF3N7O2. The summed E-state index contributed by atoms with van der Waals surface area (Å²) in [5.74, 6) is 1.63. The Labute approximate surface area is 204 Å². The normalized spacial score (nSPS) is 22.2. The number of rotatable bonds is 6. The highest BCUT2D eigenvalue weighted by molar-refractivity contribution is 6.31. The van der Waals surface area contributed by atoms with Crippen LogP contribution in [0.3, 0.4) is 0 Å². The van der Waals surface area contributed by atoms with Gasteiger partial charge in [0.05, 0.1) is 16.6 Å². The number of aromatic nitrogens is 5. The van der Waals surface area contributed by atoms with Crippen molar-refractivity contribution in [2.24, 2.45) is 11.8 Å². The Bertz CT molecular complexity index is 1200. The summed E-state index contributed by atoms with van der Waals surface area (Å²) in [6.07, 6.45) is -2.50. The van der Waals surface area contributed by atoms with Crippen LogP contribution in [-0.4, -0.2) is 44.0 Å². The SMILES string of the molecule is Cc1noc(N2CC3CCC(C2)C3Nc2nc(Oc3ccc(Cl)c(C(F)(F)F)c3)n(C(C)C)n2)n1. The lowest BCUT2D eigenvalue weighted by molar-refractivity contribution is -0.137. The first-order valence-corrected chi connectivity index (χ1v) is 11.8. The molecule has 2 bridgehead atoms. The molecule has 9 nitrogen and oxygen atoms in total. The average molecular weight is 512 g/mol. The van der Waals surface area contributed by atoms with E-state index >= 15 is 0 Å². The van der Waals surface area contributed by atoms with Gasteiger partial charge >= 0.3 is 18.2 Å². The molecule has 1 saturated carbocycles. The van der Waals surface area contributed by atoms with E-state index < -0.39 is 16.8 Å². The molecule has 1 aromatic carbocycles. The highest BCUT2D eigenvalue weighted by Crippen LogP contribution is 2.41. The number of nitrogens with one attached hydrogen (secondary N) is 1. The summed E-state index contributed by atoms with van der Waals surface area (Å²) >= 11 is 5.73. The molecule has 0 amide bonds. The van der Waals surface area contributed by atoms with Gasteiger partial charge < -0.3 is 19.5 Å². The van der Waals surface area contributed by atoms with Gasteiger partial charge in [0, 0.05) is 19.1 Å². The summed E-state index contributed by atoms with van der Waals surface area (Å²) in [6, 6.07) is 4.07. The van der Waals surface area contributed by atoms with Crippen LogP contribution in [0.1, 0.15) is 44.1 Å². The lowest BCUT2D eigenvalue weighted by atomic mass is 9.92. The fraction of sp³-hybridized carbons (Fsp3) is 0.545. The number of halogens is 4. The third-order valence-corrected chi connectivity index (χ3v) is 6.79. The Morgan fingerprint density at radius 2 is 1.89 bits per heavy atom. The molecule has 3 aromatic rings. The molecule has 5 rings (SSSR count). The van der Waals surface area contributed by atoms with Crippen LogP contribution in [0.4, 0.5) is 25.1 Å². The van der Waals surface area contributed by atoms with E-state index in [0.717, 1.165) is 38.1 Å². The van der Waals surface area contributed by atoms with E-state index in [1.165, 1.54) is 6.07 Å². The topological polar surface area (TPSA) is 94.1 Å². The molecule has 0 spiro atoms. The first-order chi connectivity index (χ1) is 16.6. The van der Waals surface area contributed by atoms with Gasteiger partial charge in [-0.3, -0.25) is 0 Å². The second-order valence-corrected chi connectivity index (χ2v) is 9.70. The van der Waals surface area contributed by atoms with Gasteiger partial charge in [-0.2, -0.15) is 23.1 Å². The van der Waals surface area contributed by atoms with Gasteiger partial charge in [0.2, 0.25) is 5.95 Å². The van der Waals surface area contributed by atoms with E-state index in [1.807, 2.05) is 13.8 Å². The Balaban J connectivity index is 1.34. The van der Waals surface area contributed by atoms with Crippen molar-refractivity contribution in [2.75, 3.05) is 23.3 Å². The highest BCUT2D eigenvalue weighted by atomic mass is 35.5. The molecule has 2 unspecified atom stereocenters. The minimum Gasteiger partial charge on any atom is -0.424 e. The average Bonchev–Trinajstić information content (AvgIpc) is 3.45. The third-order valence-electron chi connectivity index (χ3n) is 6.46. The number of nitrogens with zero attached hydrogens (tertiary/aromatic N) is 6. The van der Waals surface area contributed by atoms with Crippen LogP contribution in [0.25, 0.3) is 0 Å². The van der Waals surface area contributed by atoms with Gasteiger partial charge in [-0.15, -0.1) is 5.10 Å². The number of aryl methyl sites for hydroxylation is 1. The van der Waals surface area contributed by atoms with Crippen LogP contribution in [0.5, 0.6) is 11.8 Å². The quantitative estimate of drug-likeness (QED) is 0.474. The van der Waals surface area contributed by atoms with Gasteiger partial charge in [-0.1, -0.05) is 16.8 Å². The summed E-state index contributed by atoms with van der Waals surface area (Å²) in [5.41, 5.74) is -0.967. The van der Waals surface area contributed by atoms with Gasteiger partial charge in [0.1, 0.15) is 5.75 Å². The van der Waals surface area contributed by atoms with E-state index in [2.05, 4.69) is 30.4 Å². The van der Waals surface area contributed by atoms with Crippen molar-refractivity contribution in [3.8, 4) is 11.8 Å². The van der Waals surface area contributed by atoms with Gasteiger partial charge in [-0.05, 0) is 63.6 Å². The molecule has 1 aliphatic heterocycles. The van der Waals surface area contributed by atoms with E-state index in [9.17, 15) is 13.2 Å². The minimum absolute atomic E-state index is 0.0224. The van der Waals surface area contributed by atoms with Crippen LogP contribution < -0.4 is 15.0 Å². The zero-order valence-electron chi connectivity index (χ0n) is 19.4. The number of hydrogen-bond acceptors (Lipinski definition) is 8. The molecule has 1 N–H and O–H groups in total. The molecule has 1 saturated heterocycles. The predicted molar refractivity (Wildman–Crippen MR) is 122 cm³/mol. The molecule has 188 valence electrons. The molecule has 2 fully saturated rings. The molecule has 13 heteroatoms. The summed E-state index contributed by atoms with van der Waals surface area (Å²) in [4.78, 5) is 10.9. The Hall–Kier alpha value is -3.02. The monoisotopic (exact) mass is 511 g/mol. The second-order valence-electron chi connectivity index (χ2n) is 9.29. The number of anilines is 2. The maximum Gasteiger partial charge on any atom is 0.417 e. The Morgan fingerprint density at radius 3 is 2.49 bits per heavy atom. The van der Waals surface area contributed by atoms with Gasteiger partial charge in [0.15, 0.2) is 5.82 Å². The zero-order valence-corrected chi connectivity index (χ0v) is 20.1. The molecule has 3 heterocycles. The van der Waals surface area contributed by atoms with E-state index in [0.29, 0.717) is 29.6 Å². The second kappa shape index (κ2) is 8.89. The number of alkyl halides is 3. The van der Waals surface area contributed by atoms with Crippen molar-refractivity contribution < 1.29 is 22.4 Å². The summed E-state index contributed by atoms with van der Waals surface area (Å²) in [6.45, 7) is 7.12. The van der Waals surface area contributed by atoms with E-state index in [-0.39, 0.29) is 23.8 Å². The maximum atomic E-state index is 13.3. The lowest BCUT2D eigenvalue weighted by Gasteiger charge is -2.37. The summed E-state index contributed by atoms with van der Waals surface area (Å²) in [5, 5.41) is 11.5. The van der Waals surface area contributed by atoms with E-state index in [1.54, 1.807) is 11.6 Å². The smallest absolute Gasteiger partial charge is 0.417 e. The fourth-order valence-corrected chi connectivity index (χ4v) is 5.07. The molecule has 2 aromatic heterocycles. The first-order valence-electron chi connectivity index (χ1n) is 11.4. The van der Waals surface area contributed by atoms with Crippen LogP contribution >= 0.6 is 11.6 Å². The minimum atomic E-state index is -4.59. The van der Waals surface area contributed by atoms with Crippen LogP contribution in [-0.2, 0) is 6.18 Å². The Morgan fingerprint density at radius 1 is 1.17 bits per heavy atom. The van der Waals surface area contributed by atoms with Crippen LogP contribution in [0, 0.1) is 18.8 Å². The third kappa shape index (κ3) is 4.75. The maximum absolute atomic E-state index is 13.3. The lowest BCUT2D eigenvalue weighted by Crippen LogP contribution is -2.48. The van der Waals surface area contributed by atoms with Crippen LogP contribution in [0.15, 0.2) is 22.7 Å². The molecule has 2 atom stereocenters. The number of fused-ring (bicyclic) bond motifs is 2. The van der Waals surface area contributed by atoms with E-state index in [4.69, 9.17) is 20.9 Å². The Kier molecular flexibility index (Phi) is 6.02. The highest BCUT2D eigenvalue weighted by Gasteiger charge is 2.44. The standard InChI is InChI=1S/C22H25ClF3N7O2/c1-11(2)33-21(34-15-6-7-17(23)16(8-15)22(24,25)26)29-19(30-33)28-18-13-4-5-14(18)10-32(9-13)20-27-12(3)31-35-20/h6-8,11,13-14,18H,4-5,9-10H2,1-3H3,(H,28,30). The summed E-state index contributed by atoms with van der Waals surface area (Å²) < 4.78 is 52.4. The van der Waals surface area contributed by atoms with Crippen molar-refractivity contribution in [2.45, 2.75) is 51.9 Å². The largest absolute Gasteiger partial charge is 0.424 e. The van der Waals surface area contributed by atoms with Crippen molar-refractivity contribution >= 4 is 23.6 Å². The zero-order chi connectivity index (χ0) is 24.9. The number of piperidine rings is 1. The van der Waals surface area contributed by atoms with Crippen LogP contribution in [0.2, 0.25) is 5.02 Å². The summed E-state index contributed by atoms with van der Waals surface area (Å²) in [7, 11) is 0. The van der Waals surface area contributed by atoms with Crippen molar-refractivity contribution in [1.82, 2.24) is 24.9 Å². The molecule has 1 aliphatic carbocycles. The molecule has 0 radical (unpaired) electrons. The first kappa shape index (κ1) is 23.7. The van der Waals surface area contributed by atoms with Gasteiger partial charge in [0.25, 0.3) is 0 Å². The predicted octanol–water partition coefficient (Wildman–Crippen LogP) is 5.34. The molecule has 2 aliphatic rings. The fourth-order valence-electron chi connectivity index (χ4n) is 4.84. The molecule has 35 heavy (non-hydrogen) atoms. The van der Waals surface area contributed by atoms with Crippen molar-refractivity contribution in [3.05, 3.63) is 34.6 Å². The molecular weight excluding hydrogens is 487 g/mol.